The van der Waals surface area contributed by atoms with Gasteiger partial charge >= 0.3 is 17.9 Å². The molecule has 0 spiro atoms. The lowest BCUT2D eigenvalue weighted by atomic mass is 10.0. The Balaban J connectivity index is 4.32. The highest BCUT2D eigenvalue weighted by atomic mass is 16.6. The van der Waals surface area contributed by atoms with Crippen LogP contribution in [0.5, 0.6) is 0 Å². The summed E-state index contributed by atoms with van der Waals surface area (Å²) in [6.07, 6.45) is 38.0. The van der Waals surface area contributed by atoms with Crippen molar-refractivity contribution in [1.29, 1.82) is 0 Å². The largest absolute Gasteiger partial charge is 0.462 e. The molecule has 0 saturated heterocycles. The quantitative estimate of drug-likeness (QED) is 0.0356. The molecule has 0 aliphatic heterocycles. The van der Waals surface area contributed by atoms with E-state index in [1.54, 1.807) is 0 Å². The molecule has 0 saturated carbocycles. The van der Waals surface area contributed by atoms with Crippen LogP contribution >= 0.6 is 0 Å². The van der Waals surface area contributed by atoms with Gasteiger partial charge in [-0.25, -0.2) is 0 Å². The van der Waals surface area contributed by atoms with Gasteiger partial charge in [0.1, 0.15) is 13.2 Å². The Morgan fingerprint density at radius 1 is 0.373 bits per heavy atom. The maximum Gasteiger partial charge on any atom is 0.306 e. The summed E-state index contributed by atoms with van der Waals surface area (Å²) in [6, 6.07) is 0. The summed E-state index contributed by atoms with van der Waals surface area (Å²) >= 11 is 0. The second-order valence-corrected chi connectivity index (χ2v) is 15.8. The first kappa shape index (κ1) is 49.4. The Labute approximate surface area is 317 Å². The molecule has 0 bridgehead atoms. The van der Waals surface area contributed by atoms with Gasteiger partial charge in [0.2, 0.25) is 0 Å². The van der Waals surface area contributed by atoms with Gasteiger partial charge in [0, 0.05) is 19.3 Å². The third-order valence-electron chi connectivity index (χ3n) is 10.0. The number of hydrogen-bond donors (Lipinski definition) is 0. The highest BCUT2D eigenvalue weighted by Crippen LogP contribution is 2.16. The average molecular weight is 723 g/mol. The second-order valence-electron chi connectivity index (χ2n) is 15.8. The van der Waals surface area contributed by atoms with Gasteiger partial charge in [0.25, 0.3) is 0 Å². The van der Waals surface area contributed by atoms with Crippen molar-refractivity contribution < 1.29 is 28.6 Å². The first-order valence-electron chi connectivity index (χ1n) is 22.4. The highest BCUT2D eigenvalue weighted by molar-refractivity contribution is 5.71. The van der Waals surface area contributed by atoms with Crippen molar-refractivity contribution >= 4 is 17.9 Å². The molecule has 0 N–H and O–H groups in total. The van der Waals surface area contributed by atoms with Gasteiger partial charge in [0.15, 0.2) is 6.10 Å². The van der Waals surface area contributed by atoms with E-state index in [0.717, 1.165) is 63.7 Å². The minimum absolute atomic E-state index is 0.0644. The molecule has 0 radical (unpaired) electrons. The van der Waals surface area contributed by atoms with Crippen molar-refractivity contribution in [3.05, 3.63) is 0 Å². The van der Waals surface area contributed by atoms with Crippen LogP contribution in [-0.2, 0) is 28.6 Å². The zero-order valence-electron chi connectivity index (χ0n) is 34.6. The molecule has 0 aromatic rings. The molecule has 0 rings (SSSR count). The van der Waals surface area contributed by atoms with Crippen molar-refractivity contribution in [3.63, 3.8) is 0 Å². The van der Waals surface area contributed by atoms with E-state index < -0.39 is 6.10 Å². The first-order valence-corrected chi connectivity index (χ1v) is 22.4. The number of rotatable bonds is 40. The molecule has 0 aliphatic rings. The van der Waals surface area contributed by atoms with E-state index in [0.29, 0.717) is 19.3 Å². The van der Waals surface area contributed by atoms with Crippen molar-refractivity contribution in [2.45, 2.75) is 252 Å². The number of esters is 3. The number of hydrogen-bond acceptors (Lipinski definition) is 6. The molecular formula is C45H86O6. The first-order chi connectivity index (χ1) is 24.9. The molecule has 6 heteroatoms. The third-order valence-corrected chi connectivity index (χ3v) is 10.0. The second kappa shape index (κ2) is 39.6. The zero-order chi connectivity index (χ0) is 37.5. The molecule has 51 heavy (non-hydrogen) atoms. The molecule has 0 unspecified atom stereocenters. The molecule has 0 heterocycles. The Kier molecular flexibility index (Phi) is 38.4. The van der Waals surface area contributed by atoms with Crippen LogP contribution in [0.1, 0.15) is 246 Å². The Morgan fingerprint density at radius 3 is 0.961 bits per heavy atom. The Bertz CT molecular complexity index is 766. The van der Waals surface area contributed by atoms with E-state index in [2.05, 4.69) is 27.7 Å². The molecule has 6 nitrogen and oxygen atoms in total. The lowest BCUT2D eigenvalue weighted by Gasteiger charge is -2.18. The third kappa shape index (κ3) is 39.5. The molecular weight excluding hydrogens is 636 g/mol. The molecule has 0 aromatic carbocycles. The predicted molar refractivity (Wildman–Crippen MR) is 215 cm³/mol. The summed E-state index contributed by atoms with van der Waals surface area (Å²) < 4.78 is 16.7. The smallest absolute Gasteiger partial charge is 0.306 e. The molecule has 302 valence electrons. The van der Waals surface area contributed by atoms with E-state index in [4.69, 9.17) is 14.2 Å². The van der Waals surface area contributed by atoms with E-state index >= 15 is 0 Å². The number of carbonyl (C=O) groups excluding carboxylic acids is 3. The maximum absolute atomic E-state index is 12.7. The van der Waals surface area contributed by atoms with Crippen LogP contribution in [0.3, 0.4) is 0 Å². The van der Waals surface area contributed by atoms with Crippen LogP contribution in [-0.4, -0.2) is 37.2 Å². The van der Waals surface area contributed by atoms with E-state index in [9.17, 15) is 14.4 Å². The predicted octanol–water partition coefficient (Wildman–Crippen LogP) is 13.9. The van der Waals surface area contributed by atoms with Gasteiger partial charge < -0.3 is 14.2 Å². The van der Waals surface area contributed by atoms with Crippen LogP contribution in [0, 0.1) is 5.92 Å². The van der Waals surface area contributed by atoms with Gasteiger partial charge in [-0.05, 0) is 25.2 Å². The van der Waals surface area contributed by atoms with Crippen LogP contribution < -0.4 is 0 Å². The minimum Gasteiger partial charge on any atom is -0.462 e. The lowest BCUT2D eigenvalue weighted by Crippen LogP contribution is -2.30. The number of carbonyl (C=O) groups is 3. The van der Waals surface area contributed by atoms with Crippen LogP contribution in [0.4, 0.5) is 0 Å². The fourth-order valence-corrected chi connectivity index (χ4v) is 6.63. The Morgan fingerprint density at radius 2 is 0.647 bits per heavy atom. The Hall–Kier alpha value is -1.59. The maximum atomic E-state index is 12.7. The number of unbranched alkanes of at least 4 members (excludes halogenated alkanes) is 27. The standard InChI is InChI=1S/C45H86O6/c1-5-7-9-11-13-15-16-17-18-20-26-30-34-38-45(48)51-42(39-49-43(46)36-32-28-24-19-14-12-10-8-6-2)40-50-44(47)37-33-29-25-22-21-23-27-31-35-41(3)4/h41-42H,5-40H2,1-4H3/t42-/m1/s1. The van der Waals surface area contributed by atoms with E-state index in [1.807, 2.05) is 0 Å². The monoisotopic (exact) mass is 723 g/mol. The fourth-order valence-electron chi connectivity index (χ4n) is 6.63. The number of ether oxygens (including phenoxy) is 3. The topological polar surface area (TPSA) is 78.9 Å². The lowest BCUT2D eigenvalue weighted by molar-refractivity contribution is -0.167. The van der Waals surface area contributed by atoms with Crippen molar-refractivity contribution in [2.75, 3.05) is 13.2 Å². The summed E-state index contributed by atoms with van der Waals surface area (Å²) in [5.74, 6) is -0.0623. The van der Waals surface area contributed by atoms with Crippen LogP contribution in [0.2, 0.25) is 0 Å². The van der Waals surface area contributed by atoms with E-state index in [-0.39, 0.29) is 31.1 Å². The van der Waals surface area contributed by atoms with Crippen molar-refractivity contribution in [3.8, 4) is 0 Å². The SMILES string of the molecule is CCCCCCCCCCCCCCCC(=O)O[C@H](COC(=O)CCCCCCCCCCC)COC(=O)CCCCCCCCCCC(C)C. The molecule has 0 aromatic heterocycles. The average Bonchev–Trinajstić information content (AvgIpc) is 3.11. The summed E-state index contributed by atoms with van der Waals surface area (Å²) in [5.41, 5.74) is 0. The van der Waals surface area contributed by atoms with Crippen LogP contribution in [0.25, 0.3) is 0 Å². The zero-order valence-corrected chi connectivity index (χ0v) is 34.6. The molecule has 0 amide bonds. The normalized spacial score (nSPS) is 11.9. The highest BCUT2D eigenvalue weighted by Gasteiger charge is 2.19. The molecule has 0 aliphatic carbocycles. The van der Waals surface area contributed by atoms with E-state index in [1.165, 1.54) is 141 Å². The van der Waals surface area contributed by atoms with Crippen molar-refractivity contribution in [2.24, 2.45) is 5.92 Å². The minimum atomic E-state index is -0.758. The summed E-state index contributed by atoms with van der Waals surface area (Å²) in [5, 5.41) is 0. The van der Waals surface area contributed by atoms with Gasteiger partial charge in [-0.15, -0.1) is 0 Å². The molecule has 0 fully saturated rings. The summed E-state index contributed by atoms with van der Waals surface area (Å²) in [7, 11) is 0. The van der Waals surface area contributed by atoms with Gasteiger partial charge in [-0.2, -0.15) is 0 Å². The summed E-state index contributed by atoms with van der Waals surface area (Å²) in [6.45, 7) is 8.94. The van der Waals surface area contributed by atoms with Crippen molar-refractivity contribution in [1.82, 2.24) is 0 Å². The fraction of sp³-hybridized carbons (Fsp3) is 0.933. The molecule has 1 atom stereocenters. The van der Waals surface area contributed by atoms with Gasteiger partial charge in [-0.1, -0.05) is 207 Å². The van der Waals surface area contributed by atoms with Gasteiger partial charge in [0.05, 0.1) is 0 Å². The summed E-state index contributed by atoms with van der Waals surface area (Å²) in [4.78, 5) is 37.6. The van der Waals surface area contributed by atoms with Crippen LogP contribution in [0.15, 0.2) is 0 Å². The van der Waals surface area contributed by atoms with Gasteiger partial charge in [-0.3, -0.25) is 14.4 Å².